The van der Waals surface area contributed by atoms with E-state index in [1.165, 1.54) is 6.07 Å². The van der Waals surface area contributed by atoms with Gasteiger partial charge in [-0.1, -0.05) is 19.9 Å². The number of hydrogen-bond donors (Lipinski definition) is 1. The number of nitrogens with zero attached hydrogens (tertiary/aromatic N) is 2. The highest BCUT2D eigenvalue weighted by molar-refractivity contribution is 5.39. The first-order valence-corrected chi connectivity index (χ1v) is 5.84. The molecule has 0 atom stereocenters. The van der Waals surface area contributed by atoms with E-state index in [-0.39, 0.29) is 0 Å². The first-order chi connectivity index (χ1) is 8.34. The van der Waals surface area contributed by atoms with Gasteiger partial charge in [0, 0.05) is 19.6 Å². The summed E-state index contributed by atoms with van der Waals surface area (Å²) < 4.78 is 37.7. The highest BCUT2D eigenvalue weighted by Gasteiger charge is 2.32. The first-order valence-electron chi connectivity index (χ1n) is 5.84. The molecule has 102 valence electrons. The average Bonchev–Trinajstić information content (AvgIpc) is 2.27. The average molecular weight is 261 g/mol. The minimum Gasteiger partial charge on any atom is -0.355 e. The van der Waals surface area contributed by atoms with Crippen molar-refractivity contribution in [3.8, 4) is 0 Å². The fourth-order valence-electron chi connectivity index (χ4n) is 1.65. The van der Waals surface area contributed by atoms with Crippen molar-refractivity contribution in [2.45, 2.75) is 20.0 Å². The molecule has 6 heteroatoms. The summed E-state index contributed by atoms with van der Waals surface area (Å²) in [6, 6.07) is 3.92. The molecule has 3 nitrogen and oxygen atoms in total. The summed E-state index contributed by atoms with van der Waals surface area (Å²) >= 11 is 0. The number of alkyl halides is 3. The van der Waals surface area contributed by atoms with Gasteiger partial charge in [-0.2, -0.15) is 13.2 Å². The summed E-state index contributed by atoms with van der Waals surface area (Å²) in [5.74, 6) is 0.650. The molecule has 2 N–H and O–H groups in total. The number of halogens is 3. The van der Waals surface area contributed by atoms with Gasteiger partial charge < -0.3 is 10.6 Å². The van der Waals surface area contributed by atoms with Crippen LogP contribution in [-0.2, 0) is 6.18 Å². The van der Waals surface area contributed by atoms with E-state index < -0.39 is 11.9 Å². The summed E-state index contributed by atoms with van der Waals surface area (Å²) in [6.45, 7) is 5.50. The third kappa shape index (κ3) is 4.18. The zero-order chi connectivity index (χ0) is 13.8. The molecular formula is C12H18F3N3. The predicted octanol–water partition coefficient (Wildman–Crippen LogP) is 2.52. The van der Waals surface area contributed by atoms with Gasteiger partial charge in [0.1, 0.15) is 11.5 Å². The maximum atomic E-state index is 12.6. The normalized spacial score (nSPS) is 11.9. The van der Waals surface area contributed by atoms with Gasteiger partial charge in [0.25, 0.3) is 0 Å². The van der Waals surface area contributed by atoms with E-state index in [4.69, 9.17) is 5.73 Å². The molecule has 0 spiro atoms. The van der Waals surface area contributed by atoms with Crippen LogP contribution in [0.5, 0.6) is 0 Å². The van der Waals surface area contributed by atoms with Gasteiger partial charge >= 0.3 is 6.18 Å². The standard InChI is InChI=1S/C12H18F3N3/c1-9(2)8-18(7-6-16)11-5-3-4-10(17-11)12(13,14)15/h3-5,9H,6-8,16H2,1-2H3. The van der Waals surface area contributed by atoms with Crippen LogP contribution in [0.25, 0.3) is 0 Å². The molecule has 0 aliphatic rings. The number of anilines is 1. The van der Waals surface area contributed by atoms with Crippen molar-refractivity contribution in [3.63, 3.8) is 0 Å². The molecule has 1 rings (SSSR count). The third-order valence-electron chi connectivity index (χ3n) is 2.33. The number of pyridine rings is 1. The van der Waals surface area contributed by atoms with E-state index in [0.717, 1.165) is 6.07 Å². The molecule has 0 amide bonds. The number of aromatic nitrogens is 1. The summed E-state index contributed by atoms with van der Waals surface area (Å²) in [7, 11) is 0. The Kier molecular flexibility index (Phi) is 4.95. The van der Waals surface area contributed by atoms with E-state index in [1.807, 2.05) is 13.8 Å². The van der Waals surface area contributed by atoms with Gasteiger partial charge in [-0.3, -0.25) is 0 Å². The Labute approximate surface area is 105 Å². The zero-order valence-corrected chi connectivity index (χ0v) is 10.5. The van der Waals surface area contributed by atoms with Crippen LogP contribution in [0, 0.1) is 5.92 Å². The minimum atomic E-state index is -4.41. The fourth-order valence-corrected chi connectivity index (χ4v) is 1.65. The summed E-state index contributed by atoms with van der Waals surface area (Å²) in [5, 5.41) is 0. The Balaban J connectivity index is 2.97. The highest BCUT2D eigenvalue weighted by Crippen LogP contribution is 2.28. The molecule has 18 heavy (non-hydrogen) atoms. The van der Waals surface area contributed by atoms with E-state index in [0.29, 0.717) is 31.4 Å². The van der Waals surface area contributed by atoms with Crippen LogP contribution < -0.4 is 10.6 Å². The summed E-state index contributed by atoms with van der Waals surface area (Å²) in [4.78, 5) is 5.44. The third-order valence-corrected chi connectivity index (χ3v) is 2.33. The molecule has 0 radical (unpaired) electrons. The van der Waals surface area contributed by atoms with Gasteiger partial charge in [-0.15, -0.1) is 0 Å². The molecular weight excluding hydrogens is 243 g/mol. The van der Waals surface area contributed by atoms with Crippen LogP contribution in [0.15, 0.2) is 18.2 Å². The Bertz CT molecular complexity index is 377. The van der Waals surface area contributed by atoms with Crippen LogP contribution in [0.2, 0.25) is 0 Å². The molecule has 0 saturated carbocycles. The summed E-state index contributed by atoms with van der Waals surface area (Å²) in [6.07, 6.45) is -4.41. The van der Waals surface area contributed by atoms with Crippen LogP contribution in [0.4, 0.5) is 19.0 Å². The number of hydrogen-bond acceptors (Lipinski definition) is 3. The van der Waals surface area contributed by atoms with E-state index in [1.54, 1.807) is 11.0 Å². The fraction of sp³-hybridized carbons (Fsp3) is 0.583. The van der Waals surface area contributed by atoms with Crippen molar-refractivity contribution in [1.29, 1.82) is 0 Å². The molecule has 0 bridgehead atoms. The SMILES string of the molecule is CC(C)CN(CCN)c1cccc(C(F)(F)F)n1. The van der Waals surface area contributed by atoms with Gasteiger partial charge in [0.2, 0.25) is 0 Å². The second-order valence-corrected chi connectivity index (χ2v) is 4.51. The molecule has 1 aromatic rings. The van der Waals surface area contributed by atoms with Crippen LogP contribution in [0.1, 0.15) is 19.5 Å². The summed E-state index contributed by atoms with van der Waals surface area (Å²) in [5.41, 5.74) is 4.61. The number of nitrogens with two attached hydrogens (primary N) is 1. The zero-order valence-electron chi connectivity index (χ0n) is 10.5. The maximum absolute atomic E-state index is 12.6. The van der Waals surface area contributed by atoms with E-state index >= 15 is 0 Å². The predicted molar refractivity (Wildman–Crippen MR) is 65.3 cm³/mol. The van der Waals surface area contributed by atoms with E-state index in [9.17, 15) is 13.2 Å². The second kappa shape index (κ2) is 6.04. The highest BCUT2D eigenvalue weighted by atomic mass is 19.4. The lowest BCUT2D eigenvalue weighted by atomic mass is 10.2. The topological polar surface area (TPSA) is 42.1 Å². The van der Waals surface area contributed by atoms with Crippen molar-refractivity contribution in [1.82, 2.24) is 4.98 Å². The van der Waals surface area contributed by atoms with Crippen molar-refractivity contribution in [2.24, 2.45) is 11.7 Å². The largest absolute Gasteiger partial charge is 0.433 e. The van der Waals surface area contributed by atoms with Crippen LogP contribution in [0.3, 0.4) is 0 Å². The quantitative estimate of drug-likeness (QED) is 0.885. The Morgan fingerprint density at radius 2 is 2.00 bits per heavy atom. The van der Waals surface area contributed by atoms with Gasteiger partial charge in [-0.05, 0) is 18.1 Å². The van der Waals surface area contributed by atoms with Crippen molar-refractivity contribution >= 4 is 5.82 Å². The Morgan fingerprint density at radius 3 is 2.50 bits per heavy atom. The Hall–Kier alpha value is -1.30. The molecule has 0 aliphatic heterocycles. The van der Waals surface area contributed by atoms with Gasteiger partial charge in [0.05, 0.1) is 0 Å². The van der Waals surface area contributed by atoms with Crippen molar-refractivity contribution in [2.75, 3.05) is 24.5 Å². The first kappa shape index (κ1) is 14.8. The molecule has 0 aliphatic carbocycles. The van der Waals surface area contributed by atoms with E-state index in [2.05, 4.69) is 4.98 Å². The smallest absolute Gasteiger partial charge is 0.355 e. The lowest BCUT2D eigenvalue weighted by molar-refractivity contribution is -0.141. The molecule has 0 saturated heterocycles. The molecule has 1 aromatic heterocycles. The number of rotatable bonds is 5. The van der Waals surface area contributed by atoms with Crippen molar-refractivity contribution in [3.05, 3.63) is 23.9 Å². The van der Waals surface area contributed by atoms with Crippen molar-refractivity contribution < 1.29 is 13.2 Å². The van der Waals surface area contributed by atoms with Crippen LogP contribution >= 0.6 is 0 Å². The second-order valence-electron chi connectivity index (χ2n) is 4.51. The lowest BCUT2D eigenvalue weighted by Crippen LogP contribution is -2.33. The molecule has 0 unspecified atom stereocenters. The van der Waals surface area contributed by atoms with Gasteiger partial charge in [0.15, 0.2) is 0 Å². The maximum Gasteiger partial charge on any atom is 0.433 e. The monoisotopic (exact) mass is 261 g/mol. The van der Waals surface area contributed by atoms with Gasteiger partial charge in [-0.25, -0.2) is 4.98 Å². The Morgan fingerprint density at radius 1 is 1.33 bits per heavy atom. The lowest BCUT2D eigenvalue weighted by Gasteiger charge is -2.25. The molecule has 0 aromatic carbocycles. The molecule has 0 fully saturated rings. The minimum absolute atomic E-state index is 0.323. The van der Waals surface area contributed by atoms with Crippen LogP contribution in [-0.4, -0.2) is 24.6 Å². The molecule has 1 heterocycles.